The molecule has 5 heteroatoms. The lowest BCUT2D eigenvalue weighted by Gasteiger charge is -2.47. The van der Waals surface area contributed by atoms with Crippen LogP contribution in [0.25, 0.3) is 0 Å². The van der Waals surface area contributed by atoms with Gasteiger partial charge < -0.3 is 10.1 Å². The quantitative estimate of drug-likeness (QED) is 0.769. The van der Waals surface area contributed by atoms with Crippen LogP contribution in [-0.4, -0.2) is 31.5 Å². The highest BCUT2D eigenvalue weighted by molar-refractivity contribution is 4.99. The fourth-order valence-corrected chi connectivity index (χ4v) is 2.33. The van der Waals surface area contributed by atoms with Gasteiger partial charge in [0.1, 0.15) is 0 Å². The summed E-state index contributed by atoms with van der Waals surface area (Å²) in [7, 11) is 1.59. The minimum absolute atomic E-state index is 0.102. The van der Waals surface area contributed by atoms with Gasteiger partial charge in [0.25, 0.3) is 0 Å². The van der Waals surface area contributed by atoms with Gasteiger partial charge in [-0.05, 0) is 32.2 Å². The van der Waals surface area contributed by atoms with Gasteiger partial charge in [0, 0.05) is 19.6 Å². The molecule has 1 aliphatic carbocycles. The third-order valence-electron chi connectivity index (χ3n) is 3.41. The van der Waals surface area contributed by atoms with Crippen molar-refractivity contribution in [3.63, 3.8) is 0 Å². The molecule has 1 rings (SSSR count). The smallest absolute Gasteiger partial charge is 0.377 e. The fraction of sp³-hybridized carbons (Fsp3) is 1.00. The molecule has 0 aromatic heterocycles. The normalized spacial score (nSPS) is 21.6. The summed E-state index contributed by atoms with van der Waals surface area (Å²) in [6.45, 7) is 2.58. The standard InChI is InChI=1S/C11H20F3NO/c1-3-15-9(5-8-11(12,13)14)10(16-2)6-4-7-10/h9,15H,3-8H2,1-2H3. The first-order valence-corrected chi connectivity index (χ1v) is 5.79. The van der Waals surface area contributed by atoms with Gasteiger partial charge in [-0.25, -0.2) is 0 Å². The molecule has 96 valence electrons. The predicted octanol–water partition coefficient (Wildman–Crippen LogP) is 2.88. The molecule has 0 bridgehead atoms. The topological polar surface area (TPSA) is 21.3 Å². The van der Waals surface area contributed by atoms with Crippen LogP contribution in [0.3, 0.4) is 0 Å². The van der Waals surface area contributed by atoms with Crippen molar-refractivity contribution in [1.82, 2.24) is 5.32 Å². The van der Waals surface area contributed by atoms with Gasteiger partial charge in [0.15, 0.2) is 0 Å². The van der Waals surface area contributed by atoms with Crippen LogP contribution in [0.1, 0.15) is 39.0 Å². The van der Waals surface area contributed by atoms with Crippen LogP contribution in [0.2, 0.25) is 0 Å². The fourth-order valence-electron chi connectivity index (χ4n) is 2.33. The molecular weight excluding hydrogens is 219 g/mol. The van der Waals surface area contributed by atoms with Crippen molar-refractivity contribution in [2.45, 2.75) is 56.8 Å². The van der Waals surface area contributed by atoms with Crippen LogP contribution in [0, 0.1) is 0 Å². The van der Waals surface area contributed by atoms with E-state index in [0.717, 1.165) is 19.3 Å². The van der Waals surface area contributed by atoms with E-state index in [9.17, 15) is 13.2 Å². The first-order chi connectivity index (χ1) is 7.43. The highest BCUT2D eigenvalue weighted by atomic mass is 19.4. The summed E-state index contributed by atoms with van der Waals surface area (Å²) in [4.78, 5) is 0. The Hall–Kier alpha value is -0.290. The van der Waals surface area contributed by atoms with Crippen LogP contribution < -0.4 is 5.32 Å². The largest absolute Gasteiger partial charge is 0.389 e. The first kappa shape index (κ1) is 13.8. The SMILES string of the molecule is CCNC(CCC(F)(F)F)C1(OC)CCC1. The van der Waals surface area contributed by atoms with Crippen molar-refractivity contribution in [2.24, 2.45) is 0 Å². The molecule has 0 aromatic carbocycles. The summed E-state index contributed by atoms with van der Waals surface area (Å²) < 4.78 is 42.0. The van der Waals surface area contributed by atoms with E-state index in [4.69, 9.17) is 4.74 Å². The molecule has 1 atom stereocenters. The second kappa shape index (κ2) is 5.36. The molecular formula is C11H20F3NO. The third kappa shape index (κ3) is 3.35. The Balaban J connectivity index is 2.53. The number of halogens is 3. The molecule has 0 amide bonds. The van der Waals surface area contributed by atoms with Crippen molar-refractivity contribution in [3.8, 4) is 0 Å². The summed E-state index contributed by atoms with van der Waals surface area (Å²) in [6.07, 6.45) is -1.95. The van der Waals surface area contributed by atoms with Gasteiger partial charge in [-0.1, -0.05) is 6.92 Å². The Morgan fingerprint density at radius 2 is 2.00 bits per heavy atom. The van der Waals surface area contributed by atoms with Crippen LogP contribution in [0.15, 0.2) is 0 Å². The highest BCUT2D eigenvalue weighted by Gasteiger charge is 2.45. The predicted molar refractivity (Wildman–Crippen MR) is 56.3 cm³/mol. The Labute approximate surface area is 94.5 Å². The van der Waals surface area contributed by atoms with E-state index in [-0.39, 0.29) is 18.1 Å². The molecule has 0 aliphatic heterocycles. The Morgan fingerprint density at radius 3 is 2.31 bits per heavy atom. The maximum absolute atomic E-state index is 12.2. The second-order valence-corrected chi connectivity index (χ2v) is 4.39. The van der Waals surface area contributed by atoms with Crippen LogP contribution in [0.4, 0.5) is 13.2 Å². The number of hydrogen-bond donors (Lipinski definition) is 1. The van der Waals surface area contributed by atoms with Crippen molar-refractivity contribution >= 4 is 0 Å². The molecule has 0 saturated heterocycles. The summed E-state index contributed by atoms with van der Waals surface area (Å²) in [5, 5.41) is 3.12. The maximum Gasteiger partial charge on any atom is 0.389 e. The minimum atomic E-state index is -4.08. The molecule has 1 fully saturated rings. The lowest BCUT2D eigenvalue weighted by Crippen LogP contribution is -2.56. The lowest BCUT2D eigenvalue weighted by molar-refractivity contribution is -0.147. The zero-order valence-corrected chi connectivity index (χ0v) is 9.86. The van der Waals surface area contributed by atoms with E-state index in [1.807, 2.05) is 6.92 Å². The van der Waals surface area contributed by atoms with E-state index in [1.54, 1.807) is 7.11 Å². The van der Waals surface area contributed by atoms with Crippen LogP contribution in [0.5, 0.6) is 0 Å². The summed E-state index contributed by atoms with van der Waals surface area (Å²) >= 11 is 0. The average Bonchev–Trinajstić information content (AvgIpc) is 2.12. The van der Waals surface area contributed by atoms with Gasteiger partial charge in [-0.2, -0.15) is 13.2 Å². The second-order valence-electron chi connectivity index (χ2n) is 4.39. The number of alkyl halides is 3. The molecule has 2 nitrogen and oxygen atoms in total. The van der Waals surface area contributed by atoms with Crippen LogP contribution >= 0.6 is 0 Å². The number of nitrogens with one attached hydrogen (secondary N) is 1. The molecule has 1 aliphatic rings. The van der Waals surface area contributed by atoms with Crippen molar-refractivity contribution < 1.29 is 17.9 Å². The maximum atomic E-state index is 12.2. The van der Waals surface area contributed by atoms with Gasteiger partial charge >= 0.3 is 6.18 Å². The van der Waals surface area contributed by atoms with Crippen molar-refractivity contribution in [3.05, 3.63) is 0 Å². The third-order valence-corrected chi connectivity index (χ3v) is 3.41. The van der Waals surface area contributed by atoms with Gasteiger partial charge in [0.2, 0.25) is 0 Å². The molecule has 16 heavy (non-hydrogen) atoms. The zero-order valence-electron chi connectivity index (χ0n) is 9.86. The summed E-state index contributed by atoms with van der Waals surface area (Å²) in [5.74, 6) is 0. The van der Waals surface area contributed by atoms with E-state index in [0.29, 0.717) is 6.54 Å². The van der Waals surface area contributed by atoms with Crippen molar-refractivity contribution in [1.29, 1.82) is 0 Å². The summed E-state index contributed by atoms with van der Waals surface area (Å²) in [6, 6.07) is -0.183. The minimum Gasteiger partial charge on any atom is -0.377 e. The average molecular weight is 239 g/mol. The van der Waals surface area contributed by atoms with E-state index < -0.39 is 12.6 Å². The highest BCUT2D eigenvalue weighted by Crippen LogP contribution is 2.40. The first-order valence-electron chi connectivity index (χ1n) is 5.79. The lowest BCUT2D eigenvalue weighted by atomic mass is 9.73. The van der Waals surface area contributed by atoms with Gasteiger partial charge in [-0.3, -0.25) is 0 Å². The zero-order chi connectivity index (χ0) is 12.2. The number of rotatable bonds is 6. The molecule has 0 spiro atoms. The number of likely N-dealkylation sites (N-methyl/N-ethyl adjacent to an activating group) is 1. The molecule has 0 aromatic rings. The van der Waals surface area contributed by atoms with Crippen molar-refractivity contribution in [2.75, 3.05) is 13.7 Å². The van der Waals surface area contributed by atoms with Crippen LogP contribution in [-0.2, 0) is 4.74 Å². The summed E-state index contributed by atoms with van der Waals surface area (Å²) in [5.41, 5.74) is -0.360. The number of ether oxygens (including phenoxy) is 1. The molecule has 1 unspecified atom stereocenters. The molecule has 1 saturated carbocycles. The van der Waals surface area contributed by atoms with Gasteiger partial charge in [0.05, 0.1) is 5.60 Å². The molecule has 1 N–H and O–H groups in total. The van der Waals surface area contributed by atoms with E-state index in [1.165, 1.54) is 0 Å². The Kier molecular flexibility index (Phi) is 4.62. The monoisotopic (exact) mass is 239 g/mol. The van der Waals surface area contributed by atoms with E-state index >= 15 is 0 Å². The number of methoxy groups -OCH3 is 1. The Bertz CT molecular complexity index is 208. The van der Waals surface area contributed by atoms with E-state index in [2.05, 4.69) is 5.32 Å². The Morgan fingerprint density at radius 1 is 1.38 bits per heavy atom. The number of hydrogen-bond acceptors (Lipinski definition) is 2. The molecule has 0 radical (unpaired) electrons. The molecule has 0 heterocycles. The van der Waals surface area contributed by atoms with Gasteiger partial charge in [-0.15, -0.1) is 0 Å².